The van der Waals surface area contributed by atoms with Crippen LogP contribution >= 0.6 is 7.60 Å². The number of amides is 2. The van der Waals surface area contributed by atoms with Gasteiger partial charge in [0.1, 0.15) is 36.5 Å². The van der Waals surface area contributed by atoms with Crippen LogP contribution in [0.2, 0.25) is 0 Å². The second-order valence-electron chi connectivity index (χ2n) is 26.2. The Bertz CT molecular complexity index is 1870. The summed E-state index contributed by atoms with van der Waals surface area (Å²) in [6, 6.07) is -3.52. The Morgan fingerprint density at radius 3 is 1.03 bits per heavy atom. The molecular formula is C68H129N2O19P. The molecule has 0 aromatic heterocycles. The van der Waals surface area contributed by atoms with E-state index in [0.29, 0.717) is 38.5 Å². The first-order chi connectivity index (χ1) is 43.3. The van der Waals surface area contributed by atoms with E-state index in [1.54, 1.807) is 0 Å². The molecule has 21 nitrogen and oxygen atoms in total. The van der Waals surface area contributed by atoms with Gasteiger partial charge in [0, 0.05) is 0 Å². The first-order valence-electron chi connectivity index (χ1n) is 35.9. The Morgan fingerprint density at radius 2 is 0.711 bits per heavy atom. The van der Waals surface area contributed by atoms with E-state index >= 15 is 0 Å². The van der Waals surface area contributed by atoms with Gasteiger partial charge in [-0.2, -0.15) is 0 Å². The summed E-state index contributed by atoms with van der Waals surface area (Å²) >= 11 is 0. The van der Waals surface area contributed by atoms with E-state index < -0.39 is 156 Å². The van der Waals surface area contributed by atoms with Crippen LogP contribution in [0.5, 0.6) is 0 Å². The molecule has 0 radical (unpaired) electrons. The Labute approximate surface area is 541 Å². The first-order valence-corrected chi connectivity index (χ1v) is 37.6. The van der Waals surface area contributed by atoms with Gasteiger partial charge in [0.25, 0.3) is 0 Å². The molecule has 2 rings (SSSR count). The van der Waals surface area contributed by atoms with Crippen LogP contribution in [0.15, 0.2) is 0 Å². The minimum atomic E-state index is -5.49. The lowest BCUT2D eigenvalue weighted by atomic mass is 9.95. The fourth-order valence-electron chi connectivity index (χ4n) is 12.2. The van der Waals surface area contributed by atoms with Crippen LogP contribution in [0.25, 0.3) is 0 Å². The molecule has 11 N–H and O–H groups in total. The van der Waals surface area contributed by atoms with E-state index in [1.165, 1.54) is 77.0 Å². The van der Waals surface area contributed by atoms with Gasteiger partial charge in [-0.15, -0.1) is 0 Å². The fraction of sp³-hybridized carbons (Fsp3) is 0.941. The molecular weight excluding hydrogens is 1180 g/mol. The van der Waals surface area contributed by atoms with Crippen LogP contribution in [-0.4, -0.2) is 168 Å². The highest BCUT2D eigenvalue weighted by Gasteiger charge is 2.55. The molecule has 14 atom stereocenters. The number of nitrogens with one attached hydrogen (secondary N) is 2. The summed E-state index contributed by atoms with van der Waals surface area (Å²) in [6.07, 6.45) is 19.5. The van der Waals surface area contributed by atoms with Crippen molar-refractivity contribution >= 4 is 31.3 Å². The predicted molar refractivity (Wildman–Crippen MR) is 348 cm³/mol. The first kappa shape index (κ1) is 83.7. The van der Waals surface area contributed by atoms with Gasteiger partial charge in [0.15, 0.2) is 24.3 Å². The Hall–Kier alpha value is -2.37. The van der Waals surface area contributed by atoms with Gasteiger partial charge in [-0.1, -0.05) is 259 Å². The maximum Gasteiger partial charge on any atom is 0.356 e. The topological polar surface area (TPSA) is 338 Å². The number of carbonyl (C=O) groups is 4. The molecule has 0 saturated carbocycles. The van der Waals surface area contributed by atoms with Crippen LogP contribution in [0.1, 0.15) is 310 Å². The third-order valence-electron chi connectivity index (χ3n) is 17.7. The van der Waals surface area contributed by atoms with Crippen LogP contribution in [-0.2, 0) is 47.4 Å². The van der Waals surface area contributed by atoms with E-state index in [1.807, 2.05) is 0 Å². The van der Waals surface area contributed by atoms with Crippen molar-refractivity contribution < 1.29 is 93.0 Å². The fourth-order valence-corrected chi connectivity index (χ4v) is 13.2. The molecule has 0 aromatic carbocycles. The highest BCUT2D eigenvalue weighted by molar-refractivity contribution is 7.52. The van der Waals surface area contributed by atoms with Gasteiger partial charge in [0.05, 0.1) is 63.3 Å². The number of hydrogen-bond acceptors (Lipinski definition) is 17. The minimum Gasteiger partial charge on any atom is -0.457 e. The zero-order valence-corrected chi connectivity index (χ0v) is 57.1. The Balaban J connectivity index is 2.40. The van der Waals surface area contributed by atoms with E-state index in [9.17, 15) is 69.3 Å². The number of carbonyl (C=O) groups excluding carboxylic acids is 4. The van der Waals surface area contributed by atoms with Crippen molar-refractivity contribution in [3.05, 3.63) is 0 Å². The Morgan fingerprint density at radius 1 is 0.422 bits per heavy atom. The molecule has 530 valence electrons. The number of hydrogen-bond donors (Lipinski definition) is 11. The number of esters is 2. The van der Waals surface area contributed by atoms with Crippen molar-refractivity contribution in [2.75, 3.05) is 13.2 Å². The highest BCUT2D eigenvalue weighted by Crippen LogP contribution is 2.48. The quantitative estimate of drug-likeness (QED) is 0.0153. The normalized spacial score (nSPS) is 23.4. The molecule has 10 unspecified atom stereocenters. The summed E-state index contributed by atoms with van der Waals surface area (Å²) in [5.74, 6) is -5.95. The molecule has 2 saturated heterocycles. The summed E-state index contributed by atoms with van der Waals surface area (Å²) < 4.78 is 43.1. The monoisotopic (exact) mass is 1310 g/mol. The lowest BCUT2D eigenvalue weighted by Crippen LogP contribution is -2.67. The molecule has 2 aliphatic rings. The summed E-state index contributed by atoms with van der Waals surface area (Å²) in [4.78, 5) is 76.8. The summed E-state index contributed by atoms with van der Waals surface area (Å²) in [7, 11) is -5.49. The highest BCUT2D eigenvalue weighted by atomic mass is 31.2. The van der Waals surface area contributed by atoms with Crippen molar-refractivity contribution in [3.63, 3.8) is 0 Å². The van der Waals surface area contributed by atoms with Crippen molar-refractivity contribution in [2.24, 2.45) is 0 Å². The average molecular weight is 1310 g/mol. The summed E-state index contributed by atoms with van der Waals surface area (Å²) in [5.41, 5.74) is 0. The van der Waals surface area contributed by atoms with Gasteiger partial charge in [-0.05, 0) is 25.7 Å². The lowest BCUT2D eigenvalue weighted by Gasteiger charge is -2.46. The van der Waals surface area contributed by atoms with Gasteiger partial charge >= 0.3 is 19.5 Å². The third kappa shape index (κ3) is 38.2. The zero-order valence-electron chi connectivity index (χ0n) is 56.2. The molecule has 0 aromatic rings. The number of ether oxygens (including phenoxy) is 5. The zero-order chi connectivity index (χ0) is 66.4. The van der Waals surface area contributed by atoms with E-state index in [2.05, 4.69) is 38.3 Å². The Kier molecular flexibility index (Phi) is 48.3. The number of aliphatic hydroxyl groups excluding tert-OH is 7. The van der Waals surface area contributed by atoms with Crippen molar-refractivity contribution in [2.45, 2.75) is 395 Å². The summed E-state index contributed by atoms with van der Waals surface area (Å²) in [5, 5.41) is 83.2. The van der Waals surface area contributed by atoms with Gasteiger partial charge in [0.2, 0.25) is 11.8 Å². The largest absolute Gasteiger partial charge is 0.457 e. The van der Waals surface area contributed by atoms with Crippen LogP contribution < -0.4 is 10.6 Å². The average Bonchev–Trinajstić information content (AvgIpc) is 0.806. The molecule has 0 aliphatic carbocycles. The minimum absolute atomic E-state index is 0.247. The van der Waals surface area contributed by atoms with Gasteiger partial charge in [-0.3, -0.25) is 23.7 Å². The smallest absolute Gasteiger partial charge is 0.356 e. The second kappa shape index (κ2) is 51.9. The summed E-state index contributed by atoms with van der Waals surface area (Å²) in [6.45, 7) is 6.94. The molecule has 2 aliphatic heterocycles. The maximum atomic E-state index is 13.9. The standard InChI is InChI=1S/C68H129N2O19P/c1-5-9-13-17-21-25-29-33-37-41-51(72)45-57(76)69-61-65(88-59(78)47-53(74)43-39-35-31-27-23-19-15-11-7-3)63(80)55(49-71)86-67(61)85-50-56-64(81)66(89-60(79)48-54(75)44-40-36-32-28-24-20-16-12-8-4)62(68(87-56)90(82,83)84)70-58(77)46-52(73)42-38-34-30-26-22-18-14-10-6-2/h51-56,61-68,71-75,80-81H,5-50H2,1-4H3,(H,69,76)(H,70,77)(H2,82,83,84)/t51?,52?,53?,54?,55?,56?,61-,62-,63+,64+,65?,66?,67?,68?/m0/s1. The second-order valence-corrected chi connectivity index (χ2v) is 27.9. The SMILES string of the molecule is CCCCCCCCCCCC(O)CC(=O)N[C@@H]1C(OCC2OC(P(=O)(O)O)[C@@H](NC(=O)CC(O)CCCCCCCCCCC)C(OC(=O)CC(O)CCCCCCCCCCC)[C@@H]2O)OC(CO)[C@@H](O)C1OC(=O)CC(O)CCCCCCCCCCC. The number of aliphatic hydroxyl groups is 7. The molecule has 2 heterocycles. The third-order valence-corrected chi connectivity index (χ3v) is 18.8. The van der Waals surface area contributed by atoms with Crippen LogP contribution in [0.3, 0.4) is 0 Å². The van der Waals surface area contributed by atoms with Crippen molar-refractivity contribution in [1.29, 1.82) is 0 Å². The van der Waals surface area contributed by atoms with Gasteiger partial charge in [-0.25, -0.2) is 0 Å². The van der Waals surface area contributed by atoms with Crippen molar-refractivity contribution in [1.82, 2.24) is 10.6 Å². The predicted octanol–water partition coefficient (Wildman–Crippen LogP) is 10.8. The molecule has 22 heteroatoms. The van der Waals surface area contributed by atoms with Gasteiger partial charge < -0.3 is 79.9 Å². The number of unbranched alkanes of at least 4 members (excludes halogenated alkanes) is 32. The molecule has 90 heavy (non-hydrogen) atoms. The van der Waals surface area contributed by atoms with Crippen LogP contribution in [0.4, 0.5) is 0 Å². The van der Waals surface area contributed by atoms with E-state index in [4.69, 9.17) is 23.7 Å². The van der Waals surface area contributed by atoms with Crippen molar-refractivity contribution in [3.8, 4) is 0 Å². The van der Waals surface area contributed by atoms with E-state index in [-0.39, 0.29) is 12.8 Å². The van der Waals surface area contributed by atoms with Crippen LogP contribution in [0, 0.1) is 0 Å². The van der Waals surface area contributed by atoms with E-state index in [0.717, 1.165) is 128 Å². The maximum absolute atomic E-state index is 13.9. The molecule has 2 amide bonds. The molecule has 2 fully saturated rings. The molecule has 0 spiro atoms. The molecule has 0 bridgehead atoms. The lowest BCUT2D eigenvalue weighted by molar-refractivity contribution is -0.286. The number of rotatable bonds is 57.